The summed E-state index contributed by atoms with van der Waals surface area (Å²) >= 11 is 0. The van der Waals surface area contributed by atoms with Crippen molar-refractivity contribution in [2.45, 2.75) is 19.3 Å². The van der Waals surface area contributed by atoms with Crippen LogP contribution < -0.4 is 10.6 Å². The number of hydrogen-bond acceptors (Lipinski definition) is 4. The van der Waals surface area contributed by atoms with Crippen LogP contribution in [0.15, 0.2) is 18.2 Å². The number of nitrogens with one attached hydrogen (secondary N) is 2. The molecule has 1 aromatic carbocycles. The van der Waals surface area contributed by atoms with Gasteiger partial charge in [-0.2, -0.15) is 0 Å². The molecule has 110 valence electrons. The lowest BCUT2D eigenvalue weighted by Gasteiger charge is -2.21. The maximum absolute atomic E-state index is 12.4. The zero-order chi connectivity index (χ0) is 14.8. The molecule has 1 unspecified atom stereocenters. The predicted molar refractivity (Wildman–Crippen MR) is 76.2 cm³/mol. The van der Waals surface area contributed by atoms with E-state index in [4.69, 9.17) is 4.74 Å². The molecule has 2 N–H and O–H groups in total. The van der Waals surface area contributed by atoms with E-state index in [1.807, 2.05) is 0 Å². The molecule has 0 saturated carbocycles. The van der Waals surface area contributed by atoms with E-state index >= 15 is 0 Å². The first-order valence-electron chi connectivity index (χ1n) is 6.99. The quantitative estimate of drug-likeness (QED) is 0.639. The Bertz CT molecular complexity index is 606. The second-order valence-electron chi connectivity index (χ2n) is 5.31. The number of carbonyl (C=O) groups excluding carboxylic acids is 3. The van der Waals surface area contributed by atoms with Crippen molar-refractivity contribution in [3.8, 4) is 0 Å². The van der Waals surface area contributed by atoms with Crippen molar-refractivity contribution >= 4 is 29.0 Å². The molecule has 6 nitrogen and oxygen atoms in total. The molecular weight excluding hydrogens is 272 g/mol. The molecule has 21 heavy (non-hydrogen) atoms. The van der Waals surface area contributed by atoms with Crippen LogP contribution >= 0.6 is 0 Å². The maximum Gasteiger partial charge on any atom is 0.233 e. The van der Waals surface area contributed by atoms with Gasteiger partial charge in [0, 0.05) is 18.1 Å². The number of amides is 2. The van der Waals surface area contributed by atoms with E-state index in [2.05, 4.69) is 10.6 Å². The van der Waals surface area contributed by atoms with Crippen molar-refractivity contribution in [3.05, 3.63) is 23.8 Å². The number of carbonyl (C=O) groups is 3. The fourth-order valence-electron chi connectivity index (χ4n) is 2.63. The van der Waals surface area contributed by atoms with Gasteiger partial charge in [-0.3, -0.25) is 14.4 Å². The van der Waals surface area contributed by atoms with E-state index < -0.39 is 0 Å². The van der Waals surface area contributed by atoms with E-state index in [0.29, 0.717) is 30.2 Å². The Kier molecular flexibility index (Phi) is 3.70. The third-order valence-corrected chi connectivity index (χ3v) is 3.70. The lowest BCUT2D eigenvalue weighted by Crippen LogP contribution is -2.25. The highest BCUT2D eigenvalue weighted by Gasteiger charge is 2.25. The standard InChI is InChI=1S/C15H16N2O4/c18-13-7-14(19)17-12-6-9(3-4-11(12)16-13)15(20)10-2-1-5-21-8-10/h3-4,6,10H,1-2,5,7-8H2,(H,16,18)(H,17,19). The highest BCUT2D eigenvalue weighted by atomic mass is 16.5. The minimum absolute atomic E-state index is 0.0160. The van der Waals surface area contributed by atoms with Crippen LogP contribution in [0.2, 0.25) is 0 Å². The van der Waals surface area contributed by atoms with E-state index in [9.17, 15) is 14.4 Å². The molecule has 2 amide bonds. The predicted octanol–water partition coefficient (Wildman–Crippen LogP) is 1.58. The average molecular weight is 288 g/mol. The number of fused-ring (bicyclic) bond motifs is 1. The minimum Gasteiger partial charge on any atom is -0.381 e. The summed E-state index contributed by atoms with van der Waals surface area (Å²) in [5.41, 5.74) is 1.51. The van der Waals surface area contributed by atoms with E-state index in [-0.39, 0.29) is 29.9 Å². The summed E-state index contributed by atoms with van der Waals surface area (Å²) in [4.78, 5) is 35.5. The molecule has 3 rings (SSSR count). The zero-order valence-corrected chi connectivity index (χ0v) is 11.5. The Morgan fingerprint density at radius 3 is 2.62 bits per heavy atom. The van der Waals surface area contributed by atoms with E-state index in [1.165, 1.54) is 0 Å². The molecule has 2 heterocycles. The van der Waals surface area contributed by atoms with Crippen LogP contribution in [0.3, 0.4) is 0 Å². The van der Waals surface area contributed by atoms with Gasteiger partial charge < -0.3 is 15.4 Å². The number of benzene rings is 1. The van der Waals surface area contributed by atoms with Crippen LogP contribution in [-0.4, -0.2) is 30.8 Å². The van der Waals surface area contributed by atoms with Crippen LogP contribution in [0.4, 0.5) is 11.4 Å². The Morgan fingerprint density at radius 1 is 1.14 bits per heavy atom. The maximum atomic E-state index is 12.4. The minimum atomic E-state index is -0.378. The van der Waals surface area contributed by atoms with Gasteiger partial charge in [-0.05, 0) is 31.0 Å². The van der Waals surface area contributed by atoms with Crippen molar-refractivity contribution in [1.82, 2.24) is 0 Å². The molecule has 1 aromatic rings. The highest BCUT2D eigenvalue weighted by molar-refractivity contribution is 6.14. The molecule has 0 aromatic heterocycles. The summed E-state index contributed by atoms with van der Waals surface area (Å²) in [7, 11) is 0. The summed E-state index contributed by atoms with van der Waals surface area (Å²) in [6.07, 6.45) is 1.49. The summed E-state index contributed by atoms with van der Waals surface area (Å²) in [6.45, 7) is 1.15. The van der Waals surface area contributed by atoms with Crippen LogP contribution in [0, 0.1) is 5.92 Å². The number of anilines is 2. The van der Waals surface area contributed by atoms with E-state index in [1.54, 1.807) is 18.2 Å². The van der Waals surface area contributed by atoms with E-state index in [0.717, 1.165) is 12.8 Å². The highest BCUT2D eigenvalue weighted by Crippen LogP contribution is 2.28. The van der Waals surface area contributed by atoms with Crippen LogP contribution in [0.1, 0.15) is 29.6 Å². The van der Waals surface area contributed by atoms with Gasteiger partial charge in [-0.15, -0.1) is 0 Å². The molecule has 1 atom stereocenters. The van der Waals surface area contributed by atoms with Gasteiger partial charge in [-0.1, -0.05) is 0 Å². The molecule has 2 aliphatic heterocycles. The third-order valence-electron chi connectivity index (χ3n) is 3.70. The lowest BCUT2D eigenvalue weighted by molar-refractivity contribution is -0.123. The molecule has 6 heteroatoms. The Labute approximate surface area is 121 Å². The monoisotopic (exact) mass is 288 g/mol. The second kappa shape index (κ2) is 5.65. The number of ether oxygens (including phenoxy) is 1. The van der Waals surface area contributed by atoms with Crippen LogP contribution in [0.5, 0.6) is 0 Å². The fourth-order valence-corrected chi connectivity index (χ4v) is 2.63. The fraction of sp³-hybridized carbons (Fsp3) is 0.400. The van der Waals surface area contributed by atoms with Gasteiger partial charge in [0.05, 0.1) is 18.0 Å². The number of rotatable bonds is 2. The average Bonchev–Trinajstić information content (AvgIpc) is 2.63. The molecule has 2 aliphatic rings. The van der Waals surface area contributed by atoms with Crippen LogP contribution in [0.25, 0.3) is 0 Å². The zero-order valence-electron chi connectivity index (χ0n) is 11.5. The number of ketones is 1. The third kappa shape index (κ3) is 2.95. The summed E-state index contributed by atoms with van der Waals surface area (Å²) in [5.74, 6) is -0.849. The Balaban J connectivity index is 1.86. The van der Waals surface area contributed by atoms with Gasteiger partial charge in [-0.25, -0.2) is 0 Å². The molecule has 0 aliphatic carbocycles. The molecule has 0 radical (unpaired) electrons. The summed E-state index contributed by atoms with van der Waals surface area (Å²) < 4.78 is 5.34. The first-order valence-corrected chi connectivity index (χ1v) is 6.99. The largest absolute Gasteiger partial charge is 0.381 e. The van der Waals surface area contributed by atoms with Crippen LogP contribution in [-0.2, 0) is 14.3 Å². The van der Waals surface area contributed by atoms with Gasteiger partial charge in [0.1, 0.15) is 6.42 Å². The summed E-state index contributed by atoms with van der Waals surface area (Å²) in [5, 5.41) is 5.29. The van der Waals surface area contributed by atoms with Gasteiger partial charge in [0.2, 0.25) is 11.8 Å². The molecular formula is C15H16N2O4. The number of hydrogen-bond donors (Lipinski definition) is 2. The topological polar surface area (TPSA) is 84.5 Å². The Hall–Kier alpha value is -2.21. The SMILES string of the molecule is O=C1CC(=O)Nc2cc(C(=O)C3CCCOC3)ccc2N1. The van der Waals surface area contributed by atoms with Crippen molar-refractivity contribution in [2.24, 2.45) is 5.92 Å². The lowest BCUT2D eigenvalue weighted by atomic mass is 9.92. The van der Waals surface area contributed by atoms with Gasteiger partial charge in [0.15, 0.2) is 5.78 Å². The summed E-state index contributed by atoms with van der Waals surface area (Å²) in [6, 6.07) is 4.94. The van der Waals surface area contributed by atoms with Crippen molar-refractivity contribution < 1.29 is 19.1 Å². The normalized spacial score (nSPS) is 21.8. The molecule has 1 fully saturated rings. The first kappa shape index (κ1) is 13.8. The number of Topliss-reactive ketones (excluding diaryl/α,β-unsaturated/α-hetero) is 1. The smallest absolute Gasteiger partial charge is 0.233 e. The first-order chi connectivity index (χ1) is 10.1. The van der Waals surface area contributed by atoms with Gasteiger partial charge >= 0.3 is 0 Å². The second-order valence-corrected chi connectivity index (χ2v) is 5.31. The van der Waals surface area contributed by atoms with Crippen molar-refractivity contribution in [3.63, 3.8) is 0 Å². The molecule has 0 bridgehead atoms. The van der Waals surface area contributed by atoms with Crippen molar-refractivity contribution in [1.29, 1.82) is 0 Å². The Morgan fingerprint density at radius 2 is 1.90 bits per heavy atom. The molecule has 0 spiro atoms. The van der Waals surface area contributed by atoms with Crippen molar-refractivity contribution in [2.75, 3.05) is 23.8 Å². The molecule has 1 saturated heterocycles. The van der Waals surface area contributed by atoms with Gasteiger partial charge in [0.25, 0.3) is 0 Å².